The van der Waals surface area contributed by atoms with E-state index < -0.39 is 0 Å². The van der Waals surface area contributed by atoms with Crippen molar-refractivity contribution in [3.63, 3.8) is 0 Å². The quantitative estimate of drug-likeness (QED) is 0.907. The number of piperazine rings is 1. The Bertz CT molecular complexity index is 408. The Morgan fingerprint density at radius 2 is 2.11 bits per heavy atom. The molecule has 1 N–H and O–H groups in total. The van der Waals surface area contributed by atoms with Crippen molar-refractivity contribution in [2.45, 2.75) is 6.42 Å². The molecule has 100 valence electrons. The summed E-state index contributed by atoms with van der Waals surface area (Å²) in [5.74, 6) is 0.145. The summed E-state index contributed by atoms with van der Waals surface area (Å²) in [5.41, 5.74) is 0.652. The Hall–Kier alpha value is -0.840. The number of hydrogen-bond acceptors (Lipinski definition) is 3. The van der Waals surface area contributed by atoms with Crippen LogP contribution in [0.1, 0.15) is 5.56 Å². The van der Waals surface area contributed by atoms with Gasteiger partial charge in [0.15, 0.2) is 0 Å². The van der Waals surface area contributed by atoms with Crippen molar-refractivity contribution < 1.29 is 9.13 Å². The van der Waals surface area contributed by atoms with Gasteiger partial charge in [-0.2, -0.15) is 0 Å². The van der Waals surface area contributed by atoms with Crippen LogP contribution >= 0.6 is 11.6 Å². The van der Waals surface area contributed by atoms with E-state index in [-0.39, 0.29) is 5.82 Å². The first-order chi connectivity index (χ1) is 8.70. The molecule has 1 saturated heterocycles. The van der Waals surface area contributed by atoms with Crippen molar-refractivity contribution in [2.24, 2.45) is 0 Å². The van der Waals surface area contributed by atoms with Crippen LogP contribution in [0.3, 0.4) is 0 Å². The van der Waals surface area contributed by atoms with Gasteiger partial charge < -0.3 is 15.0 Å². The molecule has 0 unspecified atom stereocenters. The van der Waals surface area contributed by atoms with E-state index in [0.717, 1.165) is 32.7 Å². The lowest BCUT2D eigenvalue weighted by molar-refractivity contribution is 0.243. The van der Waals surface area contributed by atoms with Gasteiger partial charge in [0.05, 0.1) is 12.1 Å². The molecule has 2 rings (SSSR count). The van der Waals surface area contributed by atoms with Gasteiger partial charge in [-0.1, -0.05) is 11.6 Å². The third-order valence-electron chi connectivity index (χ3n) is 3.23. The molecule has 5 heteroatoms. The van der Waals surface area contributed by atoms with Crippen LogP contribution in [0.25, 0.3) is 0 Å². The van der Waals surface area contributed by atoms with Crippen molar-refractivity contribution in [1.82, 2.24) is 10.2 Å². The van der Waals surface area contributed by atoms with E-state index in [9.17, 15) is 4.39 Å². The van der Waals surface area contributed by atoms with Crippen molar-refractivity contribution >= 4 is 11.6 Å². The van der Waals surface area contributed by atoms with Crippen molar-refractivity contribution in [3.05, 3.63) is 28.5 Å². The van der Waals surface area contributed by atoms with Gasteiger partial charge in [0.25, 0.3) is 0 Å². The number of benzene rings is 1. The minimum Gasteiger partial charge on any atom is -0.495 e. The Morgan fingerprint density at radius 3 is 2.78 bits per heavy atom. The third-order valence-corrected chi connectivity index (χ3v) is 3.52. The fourth-order valence-corrected chi connectivity index (χ4v) is 2.39. The van der Waals surface area contributed by atoms with Crippen LogP contribution < -0.4 is 10.1 Å². The standard InChI is InChI=1S/C13H18ClFN2O/c1-18-13-9-12(15)10(8-11(13)14)2-5-17-6-3-16-4-7-17/h8-9,16H,2-7H2,1H3. The molecule has 0 atom stereocenters. The van der Waals surface area contributed by atoms with E-state index in [2.05, 4.69) is 10.2 Å². The SMILES string of the molecule is COc1cc(F)c(CCN2CCNCC2)cc1Cl. The summed E-state index contributed by atoms with van der Waals surface area (Å²) < 4.78 is 18.8. The number of ether oxygens (including phenoxy) is 1. The zero-order valence-corrected chi connectivity index (χ0v) is 11.3. The van der Waals surface area contributed by atoms with Crippen LogP contribution in [-0.4, -0.2) is 44.7 Å². The first-order valence-corrected chi connectivity index (χ1v) is 6.53. The molecule has 1 aromatic rings. The van der Waals surface area contributed by atoms with E-state index >= 15 is 0 Å². The van der Waals surface area contributed by atoms with Gasteiger partial charge in [0.2, 0.25) is 0 Å². The van der Waals surface area contributed by atoms with Crippen LogP contribution in [0.2, 0.25) is 5.02 Å². The summed E-state index contributed by atoms with van der Waals surface area (Å²) in [6.07, 6.45) is 0.676. The maximum atomic E-state index is 13.8. The van der Waals surface area contributed by atoms with E-state index in [1.807, 2.05) is 0 Å². The summed E-state index contributed by atoms with van der Waals surface area (Å²) in [5, 5.41) is 3.76. The smallest absolute Gasteiger partial charge is 0.140 e. The topological polar surface area (TPSA) is 24.5 Å². The Morgan fingerprint density at radius 1 is 1.39 bits per heavy atom. The van der Waals surface area contributed by atoms with Gasteiger partial charge in [0, 0.05) is 38.8 Å². The summed E-state index contributed by atoms with van der Waals surface area (Å²) in [6.45, 7) is 4.91. The highest BCUT2D eigenvalue weighted by Crippen LogP contribution is 2.27. The second kappa shape index (κ2) is 6.36. The minimum absolute atomic E-state index is 0.244. The fraction of sp³-hybridized carbons (Fsp3) is 0.538. The molecule has 0 aromatic heterocycles. The summed E-state index contributed by atoms with van der Waals surface area (Å²) in [6, 6.07) is 3.02. The summed E-state index contributed by atoms with van der Waals surface area (Å²) in [4.78, 5) is 2.33. The number of methoxy groups -OCH3 is 1. The average Bonchev–Trinajstić information content (AvgIpc) is 2.40. The third kappa shape index (κ3) is 3.34. The number of halogens is 2. The molecular weight excluding hydrogens is 255 g/mol. The van der Waals surface area contributed by atoms with Crippen LogP contribution in [-0.2, 0) is 6.42 Å². The highest BCUT2D eigenvalue weighted by molar-refractivity contribution is 6.32. The molecule has 1 heterocycles. The molecule has 0 amide bonds. The van der Waals surface area contributed by atoms with Gasteiger partial charge in [-0.25, -0.2) is 4.39 Å². The summed E-state index contributed by atoms with van der Waals surface area (Å²) >= 11 is 6.01. The molecule has 0 radical (unpaired) electrons. The Balaban J connectivity index is 1.98. The lowest BCUT2D eigenvalue weighted by Gasteiger charge is -2.27. The van der Waals surface area contributed by atoms with Crippen LogP contribution in [0, 0.1) is 5.82 Å². The number of nitrogens with zero attached hydrogens (tertiary/aromatic N) is 1. The van der Waals surface area contributed by atoms with Gasteiger partial charge >= 0.3 is 0 Å². The molecule has 3 nitrogen and oxygen atoms in total. The second-order valence-electron chi connectivity index (χ2n) is 4.42. The molecule has 0 aliphatic carbocycles. The molecule has 18 heavy (non-hydrogen) atoms. The molecule has 1 aromatic carbocycles. The largest absolute Gasteiger partial charge is 0.495 e. The van der Waals surface area contributed by atoms with Crippen molar-refractivity contribution in [3.8, 4) is 5.75 Å². The predicted octanol–water partition coefficient (Wildman–Crippen LogP) is 1.94. The monoisotopic (exact) mass is 272 g/mol. The fourth-order valence-electron chi connectivity index (χ4n) is 2.13. The molecular formula is C13H18ClFN2O. The molecule has 0 bridgehead atoms. The maximum absolute atomic E-state index is 13.8. The van der Waals surface area contributed by atoms with E-state index in [1.165, 1.54) is 13.2 Å². The Labute approximate surface area is 112 Å². The first kappa shape index (κ1) is 13.6. The molecule has 0 saturated carbocycles. The lowest BCUT2D eigenvalue weighted by atomic mass is 10.1. The van der Waals surface area contributed by atoms with E-state index in [0.29, 0.717) is 22.8 Å². The normalized spacial score (nSPS) is 16.8. The van der Waals surface area contributed by atoms with E-state index in [4.69, 9.17) is 16.3 Å². The number of hydrogen-bond donors (Lipinski definition) is 1. The molecule has 1 aliphatic heterocycles. The molecule has 1 fully saturated rings. The highest BCUT2D eigenvalue weighted by Gasteiger charge is 2.12. The van der Waals surface area contributed by atoms with Crippen LogP contribution in [0.4, 0.5) is 4.39 Å². The lowest BCUT2D eigenvalue weighted by Crippen LogP contribution is -2.44. The first-order valence-electron chi connectivity index (χ1n) is 6.15. The zero-order chi connectivity index (χ0) is 13.0. The maximum Gasteiger partial charge on any atom is 0.140 e. The number of nitrogens with one attached hydrogen (secondary N) is 1. The molecule has 1 aliphatic rings. The van der Waals surface area contributed by atoms with Gasteiger partial charge in [-0.05, 0) is 18.1 Å². The van der Waals surface area contributed by atoms with Crippen molar-refractivity contribution in [1.29, 1.82) is 0 Å². The van der Waals surface area contributed by atoms with Crippen LogP contribution in [0.5, 0.6) is 5.75 Å². The number of rotatable bonds is 4. The van der Waals surface area contributed by atoms with E-state index in [1.54, 1.807) is 6.07 Å². The second-order valence-corrected chi connectivity index (χ2v) is 4.83. The Kier molecular flexibility index (Phi) is 4.80. The van der Waals surface area contributed by atoms with Gasteiger partial charge in [0.1, 0.15) is 11.6 Å². The van der Waals surface area contributed by atoms with Crippen molar-refractivity contribution in [2.75, 3.05) is 39.8 Å². The van der Waals surface area contributed by atoms with Gasteiger partial charge in [-0.15, -0.1) is 0 Å². The molecule has 0 spiro atoms. The minimum atomic E-state index is -0.244. The summed E-state index contributed by atoms with van der Waals surface area (Å²) in [7, 11) is 1.49. The predicted molar refractivity (Wildman–Crippen MR) is 71.0 cm³/mol. The van der Waals surface area contributed by atoms with Gasteiger partial charge in [-0.3, -0.25) is 0 Å². The van der Waals surface area contributed by atoms with Crippen LogP contribution in [0.15, 0.2) is 12.1 Å². The average molecular weight is 273 g/mol. The highest BCUT2D eigenvalue weighted by atomic mass is 35.5. The zero-order valence-electron chi connectivity index (χ0n) is 10.5.